The molecule has 9 heteroatoms. The molecule has 8 nitrogen and oxygen atoms in total. The van der Waals surface area contributed by atoms with E-state index in [0.717, 1.165) is 42.0 Å². The molecule has 1 fully saturated rings. The van der Waals surface area contributed by atoms with E-state index in [1.165, 1.54) is 16.9 Å². The van der Waals surface area contributed by atoms with Gasteiger partial charge in [0.1, 0.15) is 5.75 Å². The van der Waals surface area contributed by atoms with Crippen molar-refractivity contribution in [2.24, 2.45) is 5.92 Å². The van der Waals surface area contributed by atoms with Gasteiger partial charge in [0, 0.05) is 29.6 Å². The zero-order valence-corrected chi connectivity index (χ0v) is 20.5. The number of carbonyl (C=O) groups excluding carboxylic acids is 2. The first-order valence-electron chi connectivity index (χ1n) is 11.7. The second-order valence-corrected chi connectivity index (χ2v) is 9.48. The highest BCUT2D eigenvalue weighted by atomic mass is 32.1. The number of ether oxygens (including phenoxy) is 1. The molecule has 3 heterocycles. The summed E-state index contributed by atoms with van der Waals surface area (Å²) < 4.78 is 7.03. The summed E-state index contributed by atoms with van der Waals surface area (Å²) in [4.78, 5) is 32.4. The Morgan fingerprint density at radius 2 is 2.06 bits per heavy atom. The van der Waals surface area contributed by atoms with Gasteiger partial charge < -0.3 is 9.64 Å². The Labute approximate surface area is 207 Å². The van der Waals surface area contributed by atoms with Gasteiger partial charge in [0.15, 0.2) is 0 Å². The Kier molecular flexibility index (Phi) is 6.50. The van der Waals surface area contributed by atoms with Crippen molar-refractivity contribution in [3.63, 3.8) is 0 Å². The Bertz CT molecular complexity index is 1360. The van der Waals surface area contributed by atoms with E-state index in [4.69, 9.17) is 4.74 Å². The molecule has 0 radical (unpaired) electrons. The standard InChI is InChI=1S/C26H27N5O3S/c1-3-4-6-17-9-11-20(12-10-17)30-15-19(14-23(30)32)24(33)27-25-28-26-31(29-25)22(16-35-26)18-7-5-8-21(13-18)34-2/h5,7-13,16,19H,3-4,6,14-15H2,1-2H3,(H,27,29,33). The zero-order valence-electron chi connectivity index (χ0n) is 19.7. The number of thiazole rings is 1. The predicted molar refractivity (Wildman–Crippen MR) is 137 cm³/mol. The van der Waals surface area contributed by atoms with Gasteiger partial charge >= 0.3 is 0 Å². The van der Waals surface area contributed by atoms with Crippen molar-refractivity contribution in [1.29, 1.82) is 0 Å². The summed E-state index contributed by atoms with van der Waals surface area (Å²) in [6.45, 7) is 2.51. The van der Waals surface area contributed by atoms with Gasteiger partial charge in [0.05, 0.1) is 18.7 Å². The minimum atomic E-state index is -0.457. The van der Waals surface area contributed by atoms with Crippen LogP contribution in [0.3, 0.4) is 0 Å². The number of benzene rings is 2. The van der Waals surface area contributed by atoms with E-state index in [1.807, 2.05) is 41.8 Å². The number of carbonyl (C=O) groups is 2. The Hall–Kier alpha value is -3.72. The molecule has 1 unspecified atom stereocenters. The molecule has 1 N–H and O–H groups in total. The van der Waals surface area contributed by atoms with E-state index in [2.05, 4.69) is 34.5 Å². The fourth-order valence-electron chi connectivity index (χ4n) is 4.28. The van der Waals surface area contributed by atoms with Crippen LogP contribution in [0.1, 0.15) is 31.7 Å². The fraction of sp³-hybridized carbons (Fsp3) is 0.308. The van der Waals surface area contributed by atoms with Crippen molar-refractivity contribution in [1.82, 2.24) is 14.6 Å². The highest BCUT2D eigenvalue weighted by molar-refractivity contribution is 7.15. The molecule has 1 aliphatic rings. The molecule has 180 valence electrons. The van der Waals surface area contributed by atoms with Gasteiger partial charge in [-0.3, -0.25) is 14.9 Å². The average Bonchev–Trinajstić information content (AvgIpc) is 3.57. The van der Waals surface area contributed by atoms with Crippen LogP contribution in [0.4, 0.5) is 11.6 Å². The molecule has 4 aromatic rings. The van der Waals surface area contributed by atoms with Crippen LogP contribution in [0.25, 0.3) is 16.2 Å². The maximum absolute atomic E-state index is 13.0. The summed E-state index contributed by atoms with van der Waals surface area (Å²) in [6, 6.07) is 15.8. The summed E-state index contributed by atoms with van der Waals surface area (Å²) in [5.41, 5.74) is 3.89. The number of hydrogen-bond acceptors (Lipinski definition) is 6. The van der Waals surface area contributed by atoms with Crippen molar-refractivity contribution in [2.45, 2.75) is 32.6 Å². The monoisotopic (exact) mass is 489 g/mol. The number of nitrogens with one attached hydrogen (secondary N) is 1. The molecule has 0 aliphatic carbocycles. The first kappa shape index (κ1) is 23.0. The van der Waals surface area contributed by atoms with Gasteiger partial charge in [0.25, 0.3) is 0 Å². The second kappa shape index (κ2) is 9.87. The van der Waals surface area contributed by atoms with E-state index in [-0.39, 0.29) is 24.2 Å². The summed E-state index contributed by atoms with van der Waals surface area (Å²) in [5, 5.41) is 9.27. The lowest BCUT2D eigenvalue weighted by molar-refractivity contribution is -0.122. The van der Waals surface area contributed by atoms with Gasteiger partial charge in [-0.15, -0.1) is 16.4 Å². The van der Waals surface area contributed by atoms with Gasteiger partial charge in [-0.1, -0.05) is 37.6 Å². The second-order valence-electron chi connectivity index (χ2n) is 8.65. The lowest BCUT2D eigenvalue weighted by Gasteiger charge is -2.17. The highest BCUT2D eigenvalue weighted by Crippen LogP contribution is 2.29. The molecule has 2 aromatic heterocycles. The average molecular weight is 490 g/mol. The number of rotatable bonds is 8. The predicted octanol–water partition coefficient (Wildman–Crippen LogP) is 4.80. The molecule has 0 bridgehead atoms. The largest absolute Gasteiger partial charge is 0.497 e. The van der Waals surface area contributed by atoms with Crippen LogP contribution in [0.5, 0.6) is 5.75 Å². The van der Waals surface area contributed by atoms with Crippen LogP contribution in [0.2, 0.25) is 0 Å². The molecule has 0 spiro atoms. The molecule has 5 rings (SSSR count). The number of amides is 2. The SMILES string of the molecule is CCCCc1ccc(N2CC(C(=O)Nc3nc4scc(-c5cccc(OC)c5)n4n3)CC2=O)cc1. The molecule has 2 amide bonds. The maximum atomic E-state index is 13.0. The first-order chi connectivity index (χ1) is 17.1. The molecule has 35 heavy (non-hydrogen) atoms. The topological polar surface area (TPSA) is 88.8 Å². The van der Waals surface area contributed by atoms with Gasteiger partial charge in [-0.05, 0) is 42.7 Å². The number of nitrogens with zero attached hydrogens (tertiary/aromatic N) is 4. The zero-order chi connectivity index (χ0) is 24.4. The van der Waals surface area contributed by atoms with Crippen LogP contribution in [0.15, 0.2) is 53.9 Å². The minimum Gasteiger partial charge on any atom is -0.497 e. The van der Waals surface area contributed by atoms with Crippen LogP contribution in [-0.2, 0) is 16.0 Å². The third-order valence-electron chi connectivity index (χ3n) is 6.24. The quantitative estimate of drug-likeness (QED) is 0.384. The number of fused-ring (bicyclic) bond motifs is 1. The molecule has 2 aromatic carbocycles. The summed E-state index contributed by atoms with van der Waals surface area (Å²) in [6.07, 6.45) is 3.49. The van der Waals surface area contributed by atoms with Crippen LogP contribution in [-0.4, -0.2) is 40.1 Å². The number of aromatic nitrogens is 3. The van der Waals surface area contributed by atoms with Crippen molar-refractivity contribution in [3.05, 3.63) is 59.5 Å². The maximum Gasteiger partial charge on any atom is 0.250 e. The van der Waals surface area contributed by atoms with Crippen molar-refractivity contribution < 1.29 is 14.3 Å². The molecule has 1 aliphatic heterocycles. The minimum absolute atomic E-state index is 0.0504. The molecule has 1 atom stereocenters. The summed E-state index contributed by atoms with van der Waals surface area (Å²) in [7, 11) is 1.63. The smallest absolute Gasteiger partial charge is 0.250 e. The normalized spacial score (nSPS) is 15.7. The molecule has 1 saturated heterocycles. The first-order valence-corrected chi connectivity index (χ1v) is 12.6. The fourth-order valence-corrected chi connectivity index (χ4v) is 5.11. The Morgan fingerprint density at radius 3 is 2.83 bits per heavy atom. The summed E-state index contributed by atoms with van der Waals surface area (Å²) >= 11 is 1.44. The van der Waals surface area contributed by atoms with Gasteiger partial charge in [0.2, 0.25) is 22.7 Å². The van der Waals surface area contributed by atoms with E-state index < -0.39 is 5.92 Å². The van der Waals surface area contributed by atoms with E-state index in [0.29, 0.717) is 11.5 Å². The van der Waals surface area contributed by atoms with Gasteiger partial charge in [-0.2, -0.15) is 4.98 Å². The van der Waals surface area contributed by atoms with Crippen molar-refractivity contribution >= 4 is 39.7 Å². The van der Waals surface area contributed by atoms with E-state index in [1.54, 1.807) is 16.5 Å². The third kappa shape index (κ3) is 4.77. The Balaban J connectivity index is 1.27. The number of methoxy groups -OCH3 is 1. The molecular weight excluding hydrogens is 462 g/mol. The number of anilines is 2. The lowest BCUT2D eigenvalue weighted by Crippen LogP contribution is -2.28. The van der Waals surface area contributed by atoms with Crippen LogP contribution < -0.4 is 15.0 Å². The van der Waals surface area contributed by atoms with E-state index in [9.17, 15) is 9.59 Å². The van der Waals surface area contributed by atoms with Gasteiger partial charge in [-0.25, -0.2) is 4.52 Å². The van der Waals surface area contributed by atoms with E-state index >= 15 is 0 Å². The lowest BCUT2D eigenvalue weighted by atomic mass is 10.1. The van der Waals surface area contributed by atoms with Crippen molar-refractivity contribution in [3.8, 4) is 17.0 Å². The number of unbranched alkanes of at least 4 members (excludes halogenated alkanes) is 1. The number of hydrogen-bond donors (Lipinski definition) is 1. The summed E-state index contributed by atoms with van der Waals surface area (Å²) in [5.74, 6) is 0.229. The third-order valence-corrected chi connectivity index (χ3v) is 7.06. The van der Waals surface area contributed by atoms with Crippen LogP contribution in [0, 0.1) is 5.92 Å². The Morgan fingerprint density at radius 1 is 1.23 bits per heavy atom. The highest BCUT2D eigenvalue weighted by Gasteiger charge is 2.35. The van der Waals surface area contributed by atoms with Crippen LogP contribution >= 0.6 is 11.3 Å². The van der Waals surface area contributed by atoms with Crippen molar-refractivity contribution in [2.75, 3.05) is 23.9 Å². The molecule has 0 saturated carbocycles. The molecular formula is C26H27N5O3S. The number of aryl methyl sites for hydroxylation is 1.